The van der Waals surface area contributed by atoms with Gasteiger partial charge in [-0.2, -0.15) is 16.8 Å². The molecule has 0 spiro atoms. The largest absolute Gasteiger partial charge is 0.397 e. The first-order valence-corrected chi connectivity index (χ1v) is 20.7. The Kier molecular flexibility index (Phi) is 12.2. The van der Waals surface area contributed by atoms with Crippen LogP contribution in [-0.2, 0) is 25.7 Å². The average Bonchev–Trinajstić information content (AvgIpc) is 3.19. The minimum absolute atomic E-state index is 0. The molecule has 2 radical (unpaired) electrons. The third kappa shape index (κ3) is 7.78. The summed E-state index contributed by atoms with van der Waals surface area (Å²) in [7, 11) is -9.82. The quantitative estimate of drug-likeness (QED) is 0.0587. The molecule has 0 bridgehead atoms. The smallest absolute Gasteiger partial charge is 0.296 e. The van der Waals surface area contributed by atoms with Crippen molar-refractivity contribution in [1.29, 1.82) is 0 Å². The molecule has 0 aromatic heterocycles. The van der Waals surface area contributed by atoms with E-state index < -0.39 is 69.9 Å². The number of benzene rings is 6. The van der Waals surface area contributed by atoms with Gasteiger partial charge < -0.3 is 22.1 Å². The van der Waals surface area contributed by atoms with E-state index in [4.69, 9.17) is 11.5 Å². The molecule has 18 heteroatoms. The van der Waals surface area contributed by atoms with Crippen molar-refractivity contribution in [1.82, 2.24) is 0 Å². The van der Waals surface area contributed by atoms with Crippen LogP contribution in [0.1, 0.15) is 88.7 Å². The van der Waals surface area contributed by atoms with Gasteiger partial charge in [-0.3, -0.25) is 28.3 Å². The Labute approximate surface area is 394 Å². The average molecular weight is 875 g/mol. The number of carbonyl (C=O) groups is 4. The number of nitrogens with two attached hydrogens (primary N) is 2. The minimum atomic E-state index is -4.91. The molecule has 6 aromatic carbocycles. The van der Waals surface area contributed by atoms with E-state index >= 15 is 0 Å². The van der Waals surface area contributed by atoms with Crippen molar-refractivity contribution >= 4 is 137 Å². The molecule has 298 valence electrons. The van der Waals surface area contributed by atoms with Crippen LogP contribution in [0.3, 0.4) is 0 Å². The fourth-order valence-electron chi connectivity index (χ4n) is 7.63. The number of ketones is 4. The molecule has 6 aromatic rings. The molecule has 2 aliphatic rings. The second-order valence-electron chi connectivity index (χ2n) is 14.6. The van der Waals surface area contributed by atoms with E-state index in [9.17, 15) is 45.1 Å². The van der Waals surface area contributed by atoms with Gasteiger partial charge in [-0.1, -0.05) is 86.6 Å². The van der Waals surface area contributed by atoms with Gasteiger partial charge in [-0.05, 0) is 47.5 Å². The van der Waals surface area contributed by atoms with E-state index in [2.05, 4.69) is 10.6 Å². The maximum absolute atomic E-state index is 13.7. The number of carbonyl (C=O) groups excluding carboxylic acids is 4. The zero-order valence-electron chi connectivity index (χ0n) is 33.0. The van der Waals surface area contributed by atoms with Crippen molar-refractivity contribution in [3.63, 3.8) is 0 Å². The Morgan fingerprint density at radius 3 is 1.03 bits per heavy atom. The number of hydrogen-bond donors (Lipinski definition) is 6. The Morgan fingerprint density at radius 1 is 0.475 bits per heavy atom. The Balaban J connectivity index is 0.00000311. The maximum atomic E-state index is 13.7. The van der Waals surface area contributed by atoms with E-state index in [0.717, 1.165) is 23.3 Å². The number of hydrogen-bond acceptors (Lipinski definition) is 12. The third-order valence-corrected chi connectivity index (χ3v) is 12.5. The van der Waals surface area contributed by atoms with Crippen molar-refractivity contribution in [3.05, 3.63) is 165 Å². The summed E-state index contributed by atoms with van der Waals surface area (Å²) in [6, 6.07) is 28.2. The summed E-state index contributed by atoms with van der Waals surface area (Å²) in [5.74, 6) is -2.43. The molecule has 0 saturated carbocycles. The first kappa shape index (κ1) is 45.5. The van der Waals surface area contributed by atoms with Crippen LogP contribution in [0, 0.1) is 0 Å². The number of rotatable bonds is 8. The fraction of sp³-hybridized carbons (Fsp3) is 0.0698. The van der Waals surface area contributed by atoms with Gasteiger partial charge in [-0.25, -0.2) is 0 Å². The normalized spacial score (nSPS) is 13.2. The predicted molar refractivity (Wildman–Crippen MR) is 231 cm³/mol. The molecule has 61 heavy (non-hydrogen) atoms. The van der Waals surface area contributed by atoms with Gasteiger partial charge >= 0.3 is 0 Å². The van der Waals surface area contributed by atoms with E-state index in [1.54, 1.807) is 48.5 Å². The van der Waals surface area contributed by atoms with Crippen LogP contribution in [0.2, 0.25) is 0 Å². The van der Waals surface area contributed by atoms with Crippen molar-refractivity contribution in [2.45, 2.75) is 29.1 Å². The number of fused-ring (bicyclic) bond motifs is 4. The van der Waals surface area contributed by atoms with Gasteiger partial charge in [0.1, 0.15) is 9.79 Å². The standard InChI is InChI=1S/C43H32N4O10S2.2Na/c1-43(2,21-11-15-23(16-12-21)46-29-19-31(58(52,53)54)37(44)35-33(29)39(48)25-7-3-5-9-27(25)41(35)50)22-13-17-24(18-14-22)47-30-20-32(59(55,56)57)38(45)36-34(30)40(49)26-8-4-6-10-28(26)42(36)51;;/h3-20,46-47H,44-45H2,1-2H3,(H,52,53,54)(H,55,56,57);;. The molecule has 8 N–H and O–H groups in total. The molecule has 0 aliphatic heterocycles. The number of nitrogens with one attached hydrogen (secondary N) is 2. The summed E-state index contributed by atoms with van der Waals surface area (Å²) < 4.78 is 69.4. The van der Waals surface area contributed by atoms with Crippen LogP contribution in [-0.4, -0.2) is 108 Å². The van der Waals surface area contributed by atoms with Crippen LogP contribution in [0.25, 0.3) is 0 Å². The Morgan fingerprint density at radius 2 is 0.754 bits per heavy atom. The van der Waals surface area contributed by atoms with E-state index in [0.29, 0.717) is 11.4 Å². The van der Waals surface area contributed by atoms with Crippen LogP contribution in [0.4, 0.5) is 34.1 Å². The van der Waals surface area contributed by atoms with Gasteiger partial charge in [0.25, 0.3) is 20.2 Å². The summed E-state index contributed by atoms with van der Waals surface area (Å²) in [6.07, 6.45) is 0. The van der Waals surface area contributed by atoms with Crippen molar-refractivity contribution in [2.75, 3.05) is 22.1 Å². The van der Waals surface area contributed by atoms with Gasteiger partial charge in [0.15, 0.2) is 23.1 Å². The van der Waals surface area contributed by atoms with Gasteiger partial charge in [-0.15, -0.1) is 0 Å². The third-order valence-electron chi connectivity index (χ3n) is 10.7. The van der Waals surface area contributed by atoms with Crippen LogP contribution < -0.4 is 22.1 Å². The number of nitrogen functional groups attached to an aromatic ring is 2. The molecule has 0 amide bonds. The summed E-state index contributed by atoms with van der Waals surface area (Å²) >= 11 is 0. The zero-order valence-corrected chi connectivity index (χ0v) is 38.7. The van der Waals surface area contributed by atoms with Crippen molar-refractivity contribution in [2.24, 2.45) is 0 Å². The summed E-state index contributed by atoms with van der Waals surface area (Å²) in [6.45, 7) is 3.93. The molecule has 0 unspecified atom stereocenters. The molecule has 14 nitrogen and oxygen atoms in total. The molecule has 0 fully saturated rings. The van der Waals surface area contributed by atoms with Crippen LogP contribution >= 0.6 is 0 Å². The minimum Gasteiger partial charge on any atom is -0.397 e. The molecule has 2 aliphatic carbocycles. The molecule has 0 saturated heterocycles. The maximum Gasteiger partial charge on any atom is 0.296 e. The molecule has 0 atom stereocenters. The Hall–Kier alpha value is -4.98. The van der Waals surface area contributed by atoms with E-state index in [1.807, 2.05) is 38.1 Å². The molecular weight excluding hydrogens is 843 g/mol. The predicted octanol–water partition coefficient (Wildman–Crippen LogP) is 5.95. The zero-order chi connectivity index (χ0) is 42.3. The summed E-state index contributed by atoms with van der Waals surface area (Å²) in [4.78, 5) is 53.1. The topological polar surface area (TPSA) is 253 Å². The van der Waals surface area contributed by atoms with Gasteiger partial charge in [0.05, 0.1) is 45.0 Å². The first-order valence-electron chi connectivity index (χ1n) is 17.8. The molecule has 0 heterocycles. The fourth-order valence-corrected chi connectivity index (χ4v) is 8.92. The monoisotopic (exact) mass is 874 g/mol. The van der Waals surface area contributed by atoms with Crippen molar-refractivity contribution < 1.29 is 45.1 Å². The van der Waals surface area contributed by atoms with Crippen LogP contribution in [0.5, 0.6) is 0 Å². The second-order valence-corrected chi connectivity index (χ2v) is 17.3. The summed E-state index contributed by atoms with van der Waals surface area (Å²) in [5.41, 5.74) is 12.3. The van der Waals surface area contributed by atoms with Crippen molar-refractivity contribution in [3.8, 4) is 0 Å². The van der Waals surface area contributed by atoms with Gasteiger partial charge in [0, 0.05) is 98.2 Å². The van der Waals surface area contributed by atoms with E-state index in [1.165, 1.54) is 24.3 Å². The second kappa shape index (κ2) is 16.4. The number of anilines is 6. The van der Waals surface area contributed by atoms with Gasteiger partial charge in [0.2, 0.25) is 0 Å². The van der Waals surface area contributed by atoms with E-state index in [-0.39, 0.29) is 115 Å². The van der Waals surface area contributed by atoms with Crippen LogP contribution in [0.15, 0.2) is 119 Å². The summed E-state index contributed by atoms with van der Waals surface area (Å²) in [5, 5.41) is 6.07. The molecular formula is C43H32N4Na2O10S2. The SMILES string of the molecule is CC(C)(c1ccc(Nc2cc(S(=O)(=O)O)c(N)c3c2C(=O)c2ccccc2C3=O)cc1)c1ccc(Nc2cc(S(=O)(=O)O)c(N)c3c2C(=O)c2ccccc2C3=O)cc1.[Na].[Na]. The molecule has 8 rings (SSSR count). The first-order chi connectivity index (χ1) is 27.8. The Bertz CT molecular complexity index is 2910.